The second kappa shape index (κ2) is 18.5. The lowest BCUT2D eigenvalue weighted by Gasteiger charge is -2.39. The number of nitrogens with one attached hydrogen (secondary N) is 2. The molecule has 2 aromatic rings. The van der Waals surface area contributed by atoms with E-state index in [0.717, 1.165) is 37.1 Å². The number of anilines is 2. The van der Waals surface area contributed by atoms with E-state index in [1.165, 1.54) is 0 Å². The molecule has 8 nitrogen and oxygen atoms in total. The molecule has 0 aliphatic rings. The van der Waals surface area contributed by atoms with Crippen LogP contribution < -0.4 is 10.6 Å². The van der Waals surface area contributed by atoms with Crippen molar-refractivity contribution in [2.45, 2.75) is 62.4 Å². The molecule has 242 valence electrons. The van der Waals surface area contributed by atoms with Gasteiger partial charge in [0, 0.05) is 35.6 Å². The number of nitrogens with zero attached hydrogens (tertiary/aromatic N) is 2. The van der Waals surface area contributed by atoms with Crippen molar-refractivity contribution in [3.8, 4) is 0 Å². The minimum absolute atomic E-state index is 0.0445. The minimum atomic E-state index is -0.688. The van der Waals surface area contributed by atoms with Crippen molar-refractivity contribution < 1.29 is 19.8 Å². The van der Waals surface area contributed by atoms with Crippen LogP contribution in [0, 0.1) is 0 Å². The van der Waals surface area contributed by atoms with Crippen molar-refractivity contribution >= 4 is 22.9 Å². The quantitative estimate of drug-likeness (QED) is 0.0731. The average molecular weight is 607 g/mol. The number of unbranched alkanes of at least 4 members (excludes halogenated alkanes) is 3. The first-order valence-electron chi connectivity index (χ1n) is 15.7. The van der Waals surface area contributed by atoms with Crippen LogP contribution in [0.2, 0.25) is 0 Å². The molecule has 44 heavy (non-hydrogen) atoms. The maximum atomic E-state index is 13.9. The highest BCUT2D eigenvalue weighted by Gasteiger charge is 2.40. The van der Waals surface area contributed by atoms with E-state index in [4.69, 9.17) is 10.2 Å². The largest absolute Gasteiger partial charge is 0.395 e. The number of aliphatic hydroxyl groups excluding tert-OH is 2. The number of likely N-dealkylation sites (N-methyl/N-ethyl adjacent to an activating group) is 2. The van der Waals surface area contributed by atoms with E-state index >= 15 is 0 Å². The van der Waals surface area contributed by atoms with Gasteiger partial charge in [0.25, 0.3) is 0 Å². The Bertz CT molecular complexity index is 1090. The van der Waals surface area contributed by atoms with E-state index in [9.17, 15) is 9.59 Å². The van der Waals surface area contributed by atoms with Crippen LogP contribution in [-0.2, 0) is 0 Å². The summed E-state index contributed by atoms with van der Waals surface area (Å²) >= 11 is 0. The summed E-state index contributed by atoms with van der Waals surface area (Å²) in [5.41, 5.74) is 1.67. The minimum Gasteiger partial charge on any atom is -0.395 e. The Morgan fingerprint density at radius 2 is 1.00 bits per heavy atom. The Balaban J connectivity index is 2.08. The fraction of sp³-hybridized carbons (Fsp3) is 0.500. The summed E-state index contributed by atoms with van der Waals surface area (Å²) in [4.78, 5) is 31.8. The van der Waals surface area contributed by atoms with Gasteiger partial charge in [-0.05, 0) is 102 Å². The van der Waals surface area contributed by atoms with Crippen LogP contribution >= 0.6 is 0 Å². The van der Waals surface area contributed by atoms with E-state index in [-0.39, 0.29) is 24.8 Å². The number of aliphatic hydroxyl groups is 2. The third-order valence-electron chi connectivity index (χ3n) is 8.63. The number of carbonyl (C=O) groups excluding carboxylic acids is 2. The molecule has 8 heteroatoms. The molecule has 2 rings (SSSR count). The molecule has 0 bridgehead atoms. The molecule has 2 unspecified atom stereocenters. The number of benzene rings is 2. The molecule has 0 heterocycles. The first-order valence-corrected chi connectivity index (χ1v) is 15.7. The van der Waals surface area contributed by atoms with Gasteiger partial charge in [-0.2, -0.15) is 0 Å². The van der Waals surface area contributed by atoms with Gasteiger partial charge in [0.05, 0.1) is 24.3 Å². The zero-order valence-electron chi connectivity index (χ0n) is 27.3. The molecule has 0 saturated carbocycles. The van der Waals surface area contributed by atoms with Gasteiger partial charge in [0.15, 0.2) is 11.6 Å². The van der Waals surface area contributed by atoms with Crippen LogP contribution in [0.4, 0.5) is 11.4 Å². The van der Waals surface area contributed by atoms with Gasteiger partial charge >= 0.3 is 0 Å². The lowest BCUT2D eigenvalue weighted by molar-refractivity contribution is 0.0637. The van der Waals surface area contributed by atoms with Crippen LogP contribution in [0.5, 0.6) is 0 Å². The number of rotatable bonds is 23. The van der Waals surface area contributed by atoms with Gasteiger partial charge in [0.2, 0.25) is 0 Å². The Hall–Kier alpha value is -3.30. The number of hydrogen-bond acceptors (Lipinski definition) is 8. The van der Waals surface area contributed by atoms with Gasteiger partial charge < -0.3 is 20.8 Å². The van der Waals surface area contributed by atoms with Crippen LogP contribution in [0.1, 0.15) is 72.1 Å². The summed E-state index contributed by atoms with van der Waals surface area (Å²) in [6.07, 6.45) is 9.81. The van der Waals surface area contributed by atoms with E-state index in [2.05, 4.69) is 23.8 Å². The molecule has 0 saturated heterocycles. The highest BCUT2D eigenvalue weighted by Crippen LogP contribution is 2.33. The lowest BCUT2D eigenvalue weighted by atomic mass is 9.79. The summed E-state index contributed by atoms with van der Waals surface area (Å²) in [5.74, 6) is 0.161. The van der Waals surface area contributed by atoms with Gasteiger partial charge in [0.1, 0.15) is 0 Å². The average Bonchev–Trinajstić information content (AvgIpc) is 3.02. The zero-order chi connectivity index (χ0) is 32.6. The molecular weight excluding hydrogens is 552 g/mol. The monoisotopic (exact) mass is 606 g/mol. The fourth-order valence-electron chi connectivity index (χ4n) is 5.92. The van der Waals surface area contributed by atoms with Gasteiger partial charge in [-0.15, -0.1) is 13.2 Å². The van der Waals surface area contributed by atoms with Crippen molar-refractivity contribution in [3.63, 3.8) is 0 Å². The maximum Gasteiger partial charge on any atom is 0.183 e. The standard InChI is InChI=1S/C36H54N4O4/c1-7-21-35(39(3)4,33(43)29-13-17-31(18-14-29)37-25-27-41)23-11-9-10-12-24-36(22-8-2,40(5)6)34(44)30-15-19-32(20-16-30)38-26-28-42/h7-8,13-20,37-38,41-42H,1-2,9-12,21-28H2,3-6H3. The molecule has 0 aromatic heterocycles. The summed E-state index contributed by atoms with van der Waals surface area (Å²) in [6, 6.07) is 14.9. The predicted molar refractivity (Wildman–Crippen MR) is 183 cm³/mol. The van der Waals surface area contributed by atoms with Gasteiger partial charge in [-0.1, -0.05) is 37.8 Å². The Labute approximate surface area is 264 Å². The Morgan fingerprint density at radius 3 is 1.27 bits per heavy atom. The maximum absolute atomic E-state index is 13.9. The highest BCUT2D eigenvalue weighted by molar-refractivity contribution is 6.04. The SMILES string of the molecule is C=CCC(CCCCCCC(CC=C)(C(=O)c1ccc(NCCO)cc1)N(C)C)(C(=O)c1ccc(NCCO)cc1)N(C)C. The molecule has 0 aliphatic heterocycles. The normalized spacial score (nSPS) is 14.1. The first kappa shape index (κ1) is 36.9. The smallest absolute Gasteiger partial charge is 0.183 e. The van der Waals surface area contributed by atoms with Crippen molar-refractivity contribution in [1.82, 2.24) is 9.80 Å². The van der Waals surface area contributed by atoms with E-state index in [1.54, 1.807) is 0 Å². The Morgan fingerprint density at radius 1 is 0.659 bits per heavy atom. The van der Waals surface area contributed by atoms with Crippen LogP contribution in [0.3, 0.4) is 0 Å². The lowest BCUT2D eigenvalue weighted by Crippen LogP contribution is -2.51. The van der Waals surface area contributed by atoms with Crippen LogP contribution in [0.25, 0.3) is 0 Å². The first-order chi connectivity index (χ1) is 21.1. The van der Waals surface area contributed by atoms with Gasteiger partial charge in [-0.3, -0.25) is 19.4 Å². The summed E-state index contributed by atoms with van der Waals surface area (Å²) in [5, 5.41) is 24.4. The topological polar surface area (TPSA) is 105 Å². The number of hydrogen-bond donors (Lipinski definition) is 4. The fourth-order valence-corrected chi connectivity index (χ4v) is 5.92. The predicted octanol–water partition coefficient (Wildman–Crippen LogP) is 5.65. The van der Waals surface area contributed by atoms with Gasteiger partial charge in [-0.25, -0.2) is 0 Å². The van der Waals surface area contributed by atoms with Crippen molar-refractivity contribution in [1.29, 1.82) is 0 Å². The van der Waals surface area contributed by atoms with Crippen molar-refractivity contribution in [2.75, 3.05) is 65.1 Å². The van der Waals surface area contributed by atoms with Crippen molar-refractivity contribution in [2.24, 2.45) is 0 Å². The number of carbonyl (C=O) groups is 2. The Kier molecular flexibility index (Phi) is 15.5. The third kappa shape index (κ3) is 9.60. The molecule has 0 fully saturated rings. The molecule has 0 aliphatic carbocycles. The van der Waals surface area contributed by atoms with Crippen LogP contribution in [0.15, 0.2) is 73.8 Å². The summed E-state index contributed by atoms with van der Waals surface area (Å²) in [6.45, 7) is 8.92. The van der Waals surface area contributed by atoms with E-state index in [1.807, 2.05) is 98.7 Å². The molecule has 0 radical (unpaired) electrons. The molecule has 2 aromatic carbocycles. The zero-order valence-corrected chi connectivity index (χ0v) is 27.3. The summed E-state index contributed by atoms with van der Waals surface area (Å²) < 4.78 is 0. The summed E-state index contributed by atoms with van der Waals surface area (Å²) in [7, 11) is 7.83. The number of ketones is 2. The molecule has 2 atom stereocenters. The highest BCUT2D eigenvalue weighted by atomic mass is 16.3. The second-order valence-corrected chi connectivity index (χ2v) is 11.9. The third-order valence-corrected chi connectivity index (χ3v) is 8.63. The van der Waals surface area contributed by atoms with E-state index in [0.29, 0.717) is 49.9 Å². The molecule has 0 spiro atoms. The molecule has 4 N–H and O–H groups in total. The van der Waals surface area contributed by atoms with Crippen molar-refractivity contribution in [3.05, 3.63) is 85.0 Å². The number of Topliss-reactive ketones (excluding diaryl/α,β-unsaturated/α-hetero) is 2. The molecular formula is C36H54N4O4. The second-order valence-electron chi connectivity index (χ2n) is 11.9. The molecule has 0 amide bonds. The van der Waals surface area contributed by atoms with Crippen LogP contribution in [-0.4, -0.2) is 97.2 Å². The van der Waals surface area contributed by atoms with E-state index < -0.39 is 11.1 Å².